The number of nitrogens with one attached hydrogen (secondary N) is 1. The summed E-state index contributed by atoms with van der Waals surface area (Å²) in [4.78, 5) is 23.7. The second-order valence-electron chi connectivity index (χ2n) is 7.99. The van der Waals surface area contributed by atoms with Crippen LogP contribution in [0.2, 0.25) is 0 Å². The number of amides is 1. The van der Waals surface area contributed by atoms with Gasteiger partial charge < -0.3 is 19.9 Å². The highest BCUT2D eigenvalue weighted by Gasteiger charge is 2.30. The van der Waals surface area contributed by atoms with Crippen LogP contribution in [0.5, 0.6) is 5.75 Å². The van der Waals surface area contributed by atoms with E-state index in [2.05, 4.69) is 46.1 Å². The third-order valence-corrected chi connectivity index (χ3v) is 5.95. The molecule has 0 bridgehead atoms. The van der Waals surface area contributed by atoms with Gasteiger partial charge in [-0.1, -0.05) is 6.07 Å². The number of piperazine rings is 1. The van der Waals surface area contributed by atoms with E-state index in [4.69, 9.17) is 4.74 Å². The number of halogens is 1. The van der Waals surface area contributed by atoms with Gasteiger partial charge >= 0.3 is 0 Å². The van der Waals surface area contributed by atoms with Crippen LogP contribution >= 0.6 is 24.0 Å². The van der Waals surface area contributed by atoms with Crippen LogP contribution in [0.4, 0.5) is 0 Å². The van der Waals surface area contributed by atoms with Crippen molar-refractivity contribution in [3.8, 4) is 5.75 Å². The fourth-order valence-corrected chi connectivity index (χ4v) is 4.24. The highest BCUT2D eigenvalue weighted by atomic mass is 127. The Bertz CT molecular complexity index is 728. The minimum atomic E-state index is -0.0371. The largest absolute Gasteiger partial charge is 0.497 e. The van der Waals surface area contributed by atoms with Gasteiger partial charge in [-0.05, 0) is 49.9 Å². The van der Waals surface area contributed by atoms with Crippen molar-refractivity contribution >= 4 is 35.8 Å². The highest BCUT2D eigenvalue weighted by Crippen LogP contribution is 2.17. The number of hydrogen-bond donors (Lipinski definition) is 1. The summed E-state index contributed by atoms with van der Waals surface area (Å²) in [5, 5.41) is 3.47. The molecule has 168 valence electrons. The minimum absolute atomic E-state index is 0. The fraction of sp³-hybridized carbons (Fsp3) is 0.636. The van der Waals surface area contributed by atoms with E-state index in [0.29, 0.717) is 6.54 Å². The van der Waals surface area contributed by atoms with Crippen LogP contribution in [0.1, 0.15) is 30.9 Å². The Hall–Kier alpha value is -1.55. The molecule has 0 aliphatic carbocycles. The Morgan fingerprint density at radius 3 is 2.37 bits per heavy atom. The molecule has 2 heterocycles. The monoisotopic (exact) mass is 529 g/mol. The third kappa shape index (κ3) is 6.23. The standard InChI is InChI=1S/C22H35N5O2.HI/c1-17-13-19(15-20(14-17)29-4)16-24-22(23-3)27-11-9-25(10-12-27)18(2)21(28)26-7-5-6-8-26;/h13-15,18H,5-12,16H2,1-4H3,(H,23,24);1H. The number of hydrogen-bond acceptors (Lipinski definition) is 4. The lowest BCUT2D eigenvalue weighted by Gasteiger charge is -2.39. The van der Waals surface area contributed by atoms with Gasteiger partial charge in [0, 0.05) is 52.9 Å². The second-order valence-corrected chi connectivity index (χ2v) is 7.99. The van der Waals surface area contributed by atoms with E-state index in [1.165, 1.54) is 11.1 Å². The zero-order chi connectivity index (χ0) is 20.8. The zero-order valence-electron chi connectivity index (χ0n) is 18.7. The molecule has 1 amide bonds. The summed E-state index contributed by atoms with van der Waals surface area (Å²) in [5.41, 5.74) is 2.35. The van der Waals surface area contributed by atoms with Gasteiger partial charge in [-0.2, -0.15) is 0 Å². The van der Waals surface area contributed by atoms with Gasteiger partial charge in [0.05, 0.1) is 13.2 Å². The molecule has 2 aliphatic heterocycles. The number of aryl methyl sites for hydroxylation is 1. The maximum absolute atomic E-state index is 12.7. The molecule has 1 atom stereocenters. The summed E-state index contributed by atoms with van der Waals surface area (Å²) in [6.07, 6.45) is 2.28. The van der Waals surface area contributed by atoms with Crippen LogP contribution < -0.4 is 10.1 Å². The Kier molecular flexibility index (Phi) is 9.67. The smallest absolute Gasteiger partial charge is 0.239 e. The van der Waals surface area contributed by atoms with Gasteiger partial charge in [0.15, 0.2) is 5.96 Å². The molecule has 1 aromatic rings. The molecule has 0 saturated carbocycles. The third-order valence-electron chi connectivity index (χ3n) is 5.95. The van der Waals surface area contributed by atoms with Crippen LogP contribution in [0.3, 0.4) is 0 Å². The molecule has 0 spiro atoms. The van der Waals surface area contributed by atoms with Gasteiger partial charge in [0.25, 0.3) is 0 Å². The van der Waals surface area contributed by atoms with E-state index in [1.54, 1.807) is 7.11 Å². The SMILES string of the molecule is CN=C(NCc1cc(C)cc(OC)c1)N1CCN(C(C)C(=O)N2CCCC2)CC1.I. The average Bonchev–Trinajstić information content (AvgIpc) is 3.28. The lowest BCUT2D eigenvalue weighted by molar-refractivity contribution is -0.135. The first-order valence-corrected chi connectivity index (χ1v) is 10.6. The van der Waals surface area contributed by atoms with Crippen molar-refractivity contribution in [1.29, 1.82) is 0 Å². The van der Waals surface area contributed by atoms with E-state index in [-0.39, 0.29) is 35.9 Å². The number of guanidine groups is 1. The number of likely N-dealkylation sites (tertiary alicyclic amines) is 1. The van der Waals surface area contributed by atoms with Crippen molar-refractivity contribution in [3.63, 3.8) is 0 Å². The quantitative estimate of drug-likeness (QED) is 0.361. The van der Waals surface area contributed by atoms with E-state index in [1.807, 2.05) is 18.0 Å². The predicted octanol–water partition coefficient (Wildman–Crippen LogP) is 2.33. The van der Waals surface area contributed by atoms with Crippen molar-refractivity contribution in [2.24, 2.45) is 4.99 Å². The minimum Gasteiger partial charge on any atom is -0.497 e. The van der Waals surface area contributed by atoms with Crippen LogP contribution in [0.15, 0.2) is 23.2 Å². The second kappa shape index (κ2) is 11.7. The summed E-state index contributed by atoms with van der Waals surface area (Å²) in [5.74, 6) is 2.07. The number of carbonyl (C=O) groups excluding carboxylic acids is 1. The Labute approximate surface area is 197 Å². The van der Waals surface area contributed by atoms with Crippen molar-refractivity contribution in [2.75, 3.05) is 53.4 Å². The molecule has 3 rings (SSSR count). The molecule has 2 fully saturated rings. The van der Waals surface area contributed by atoms with Gasteiger partial charge in [0.2, 0.25) is 5.91 Å². The molecule has 8 heteroatoms. The summed E-state index contributed by atoms with van der Waals surface area (Å²) in [7, 11) is 3.52. The van der Waals surface area contributed by atoms with Gasteiger partial charge in [-0.15, -0.1) is 24.0 Å². The molecule has 2 saturated heterocycles. The fourth-order valence-electron chi connectivity index (χ4n) is 4.24. The van der Waals surface area contributed by atoms with Crippen molar-refractivity contribution in [3.05, 3.63) is 29.3 Å². The molecule has 2 aliphatic rings. The zero-order valence-corrected chi connectivity index (χ0v) is 21.0. The summed E-state index contributed by atoms with van der Waals surface area (Å²) in [6, 6.07) is 6.20. The highest BCUT2D eigenvalue weighted by molar-refractivity contribution is 14.0. The van der Waals surface area contributed by atoms with Crippen molar-refractivity contribution in [2.45, 2.75) is 39.3 Å². The molecule has 0 aromatic heterocycles. The van der Waals surface area contributed by atoms with Gasteiger partial charge in [0.1, 0.15) is 5.75 Å². The van der Waals surface area contributed by atoms with Gasteiger partial charge in [-0.3, -0.25) is 14.7 Å². The van der Waals surface area contributed by atoms with Crippen molar-refractivity contribution in [1.82, 2.24) is 20.0 Å². The average molecular weight is 529 g/mol. The molecule has 1 N–H and O–H groups in total. The van der Waals surface area contributed by atoms with E-state index >= 15 is 0 Å². The van der Waals surface area contributed by atoms with Crippen LogP contribution in [-0.4, -0.2) is 86.0 Å². The maximum atomic E-state index is 12.7. The molecular weight excluding hydrogens is 493 g/mol. The first-order chi connectivity index (χ1) is 14.0. The molecular formula is C22H36IN5O2. The number of ether oxygens (including phenoxy) is 1. The normalized spacial score (nSPS) is 18.7. The summed E-state index contributed by atoms with van der Waals surface area (Å²) >= 11 is 0. The Balaban J connectivity index is 0.00000320. The van der Waals surface area contributed by atoms with Crippen LogP contribution in [0, 0.1) is 6.92 Å². The molecule has 30 heavy (non-hydrogen) atoms. The van der Waals surface area contributed by atoms with E-state index in [9.17, 15) is 4.79 Å². The lowest BCUT2D eigenvalue weighted by atomic mass is 10.1. The molecule has 7 nitrogen and oxygen atoms in total. The molecule has 0 radical (unpaired) electrons. The topological polar surface area (TPSA) is 60.4 Å². The number of nitrogens with zero attached hydrogens (tertiary/aromatic N) is 4. The predicted molar refractivity (Wildman–Crippen MR) is 132 cm³/mol. The van der Waals surface area contributed by atoms with E-state index in [0.717, 1.165) is 63.8 Å². The first kappa shape index (κ1) is 24.7. The number of aliphatic imine (C=N–C) groups is 1. The maximum Gasteiger partial charge on any atom is 0.239 e. The van der Waals surface area contributed by atoms with Gasteiger partial charge in [-0.25, -0.2) is 0 Å². The summed E-state index contributed by atoms with van der Waals surface area (Å²) < 4.78 is 5.37. The van der Waals surface area contributed by atoms with Crippen LogP contribution in [-0.2, 0) is 11.3 Å². The Morgan fingerprint density at radius 1 is 1.10 bits per heavy atom. The van der Waals surface area contributed by atoms with Crippen LogP contribution in [0.25, 0.3) is 0 Å². The Morgan fingerprint density at radius 2 is 1.77 bits per heavy atom. The molecule has 1 aromatic carbocycles. The number of carbonyl (C=O) groups is 1. The van der Waals surface area contributed by atoms with Crippen molar-refractivity contribution < 1.29 is 9.53 Å². The summed E-state index contributed by atoms with van der Waals surface area (Å²) in [6.45, 7) is 10.2. The molecule has 1 unspecified atom stereocenters. The number of rotatable bonds is 5. The number of methoxy groups -OCH3 is 1. The lowest BCUT2D eigenvalue weighted by Crippen LogP contribution is -2.57. The van der Waals surface area contributed by atoms with E-state index < -0.39 is 0 Å². The first-order valence-electron chi connectivity index (χ1n) is 10.6. The number of benzene rings is 1.